The fraction of sp³-hybridized carbons (Fsp3) is 0.417. The van der Waals surface area contributed by atoms with E-state index in [1.54, 1.807) is 0 Å². The van der Waals surface area contributed by atoms with Crippen molar-refractivity contribution in [3.63, 3.8) is 0 Å². The van der Waals surface area contributed by atoms with Crippen molar-refractivity contribution in [3.05, 3.63) is 35.1 Å². The van der Waals surface area contributed by atoms with E-state index < -0.39 is 24.4 Å². The molecule has 1 amide bonds. The minimum atomic E-state index is -4.49. The van der Waals surface area contributed by atoms with E-state index in [-0.39, 0.29) is 17.4 Å². The van der Waals surface area contributed by atoms with Crippen LogP contribution in [0, 0.1) is 12.7 Å². The molecule has 0 heterocycles. The Kier molecular flexibility index (Phi) is 5.34. The minimum absolute atomic E-state index is 0.0895. The molecule has 0 bridgehead atoms. The highest BCUT2D eigenvalue weighted by atomic mass is 79.9. The van der Waals surface area contributed by atoms with E-state index >= 15 is 0 Å². The lowest BCUT2D eigenvalue weighted by molar-refractivity contribution is -0.140. The number of carbonyl (C=O) groups is 1. The van der Waals surface area contributed by atoms with E-state index in [1.165, 1.54) is 19.1 Å². The monoisotopic (exact) mass is 341 g/mol. The van der Waals surface area contributed by atoms with E-state index in [4.69, 9.17) is 0 Å². The van der Waals surface area contributed by atoms with Gasteiger partial charge in [-0.15, -0.1) is 0 Å². The Labute approximate surface area is 116 Å². The van der Waals surface area contributed by atoms with Gasteiger partial charge in [0, 0.05) is 17.4 Å². The third kappa shape index (κ3) is 4.81. The first-order valence-corrected chi connectivity index (χ1v) is 6.55. The van der Waals surface area contributed by atoms with Gasteiger partial charge in [-0.05, 0) is 24.6 Å². The number of amides is 1. The van der Waals surface area contributed by atoms with Crippen LogP contribution in [0.2, 0.25) is 0 Å². The van der Waals surface area contributed by atoms with Gasteiger partial charge in [-0.25, -0.2) is 4.39 Å². The van der Waals surface area contributed by atoms with E-state index in [9.17, 15) is 22.4 Å². The van der Waals surface area contributed by atoms with E-state index in [1.807, 2.05) is 0 Å². The van der Waals surface area contributed by atoms with E-state index in [2.05, 4.69) is 15.9 Å². The van der Waals surface area contributed by atoms with Gasteiger partial charge in [-0.1, -0.05) is 22.0 Å². The summed E-state index contributed by atoms with van der Waals surface area (Å²) >= 11 is 2.99. The maximum Gasteiger partial charge on any atom is 0.406 e. The lowest BCUT2D eigenvalue weighted by Crippen LogP contribution is -2.40. The van der Waals surface area contributed by atoms with E-state index in [0.717, 1.165) is 6.07 Å². The summed E-state index contributed by atoms with van der Waals surface area (Å²) in [5.41, 5.74) is 0.243. The van der Waals surface area contributed by atoms with Crippen molar-refractivity contribution < 1.29 is 22.4 Å². The molecule has 0 fully saturated rings. The Morgan fingerprint density at radius 3 is 2.47 bits per heavy atom. The Morgan fingerprint density at radius 2 is 2.00 bits per heavy atom. The average Bonchev–Trinajstić information content (AvgIpc) is 2.29. The van der Waals surface area contributed by atoms with Crippen molar-refractivity contribution in [2.24, 2.45) is 0 Å². The molecular formula is C12H12BrF4NO. The molecule has 2 nitrogen and oxygen atoms in total. The summed E-state index contributed by atoms with van der Waals surface area (Å²) in [5.74, 6) is -1.45. The van der Waals surface area contributed by atoms with Crippen LogP contribution in [0.1, 0.15) is 15.9 Å². The Hall–Kier alpha value is -1.11. The maximum absolute atomic E-state index is 13.3. The van der Waals surface area contributed by atoms with Crippen LogP contribution < -0.4 is 0 Å². The Bertz CT molecular complexity index is 462. The number of hydrogen-bond donors (Lipinski definition) is 0. The number of alkyl halides is 4. The van der Waals surface area contributed by atoms with Gasteiger partial charge in [0.25, 0.3) is 5.91 Å². The smallest absolute Gasteiger partial charge is 0.329 e. The van der Waals surface area contributed by atoms with Crippen LogP contribution in [0.4, 0.5) is 17.6 Å². The van der Waals surface area contributed by atoms with Crippen molar-refractivity contribution in [3.8, 4) is 0 Å². The molecule has 0 aliphatic heterocycles. The van der Waals surface area contributed by atoms with Crippen molar-refractivity contribution in [2.45, 2.75) is 13.1 Å². The second kappa shape index (κ2) is 6.36. The molecule has 1 aromatic carbocycles. The number of nitrogens with zero attached hydrogens (tertiary/aromatic N) is 1. The molecule has 19 heavy (non-hydrogen) atoms. The first-order chi connectivity index (χ1) is 8.74. The summed E-state index contributed by atoms with van der Waals surface area (Å²) in [4.78, 5) is 12.6. The molecule has 0 radical (unpaired) electrons. The van der Waals surface area contributed by atoms with Crippen LogP contribution in [0.5, 0.6) is 0 Å². The number of aryl methyl sites for hydroxylation is 1. The fourth-order valence-electron chi connectivity index (χ4n) is 1.48. The van der Waals surface area contributed by atoms with Crippen LogP contribution >= 0.6 is 15.9 Å². The van der Waals surface area contributed by atoms with E-state index in [0.29, 0.717) is 10.5 Å². The van der Waals surface area contributed by atoms with Gasteiger partial charge in [0.2, 0.25) is 0 Å². The Balaban J connectivity index is 2.95. The molecular weight excluding hydrogens is 330 g/mol. The van der Waals surface area contributed by atoms with Crippen LogP contribution in [0.15, 0.2) is 18.2 Å². The summed E-state index contributed by atoms with van der Waals surface area (Å²) in [6.07, 6.45) is -4.49. The normalized spacial score (nSPS) is 11.5. The van der Waals surface area contributed by atoms with Gasteiger partial charge in [-0.3, -0.25) is 4.79 Å². The highest BCUT2D eigenvalue weighted by molar-refractivity contribution is 9.09. The maximum atomic E-state index is 13.3. The molecule has 0 aromatic heterocycles. The van der Waals surface area contributed by atoms with Gasteiger partial charge >= 0.3 is 6.18 Å². The number of benzene rings is 1. The Morgan fingerprint density at radius 1 is 1.37 bits per heavy atom. The highest BCUT2D eigenvalue weighted by Crippen LogP contribution is 2.19. The molecule has 0 saturated carbocycles. The molecule has 0 unspecified atom stereocenters. The van der Waals surface area contributed by atoms with Gasteiger partial charge in [-0.2, -0.15) is 13.2 Å². The quantitative estimate of drug-likeness (QED) is 0.606. The van der Waals surface area contributed by atoms with Crippen molar-refractivity contribution in [1.82, 2.24) is 4.90 Å². The second-order valence-corrected chi connectivity index (χ2v) is 4.79. The van der Waals surface area contributed by atoms with Crippen LogP contribution in [-0.2, 0) is 0 Å². The lowest BCUT2D eigenvalue weighted by atomic mass is 10.1. The predicted molar refractivity (Wildman–Crippen MR) is 66.9 cm³/mol. The summed E-state index contributed by atoms with van der Waals surface area (Å²) < 4.78 is 50.4. The minimum Gasteiger partial charge on any atom is -0.329 e. The largest absolute Gasteiger partial charge is 0.406 e. The molecule has 1 rings (SSSR count). The zero-order chi connectivity index (χ0) is 14.6. The number of hydrogen-bond acceptors (Lipinski definition) is 1. The lowest BCUT2D eigenvalue weighted by Gasteiger charge is -2.23. The molecule has 0 saturated heterocycles. The standard InChI is InChI=1S/C12H12BrF4NO/c1-8-2-3-9(6-10(8)14)11(19)18(5-4-13)7-12(15,16)17/h2-3,6H,4-5,7H2,1H3. The molecule has 0 spiro atoms. The second-order valence-electron chi connectivity index (χ2n) is 3.99. The predicted octanol–water partition coefficient (Wildman–Crippen LogP) is 3.53. The van der Waals surface area contributed by atoms with Crippen LogP contribution in [-0.4, -0.2) is 35.4 Å². The molecule has 0 aliphatic carbocycles. The highest BCUT2D eigenvalue weighted by Gasteiger charge is 2.33. The van der Waals surface area contributed by atoms with Crippen LogP contribution in [0.25, 0.3) is 0 Å². The summed E-state index contributed by atoms with van der Waals surface area (Å²) in [7, 11) is 0. The zero-order valence-corrected chi connectivity index (χ0v) is 11.7. The van der Waals surface area contributed by atoms with Gasteiger partial charge < -0.3 is 4.90 Å². The topological polar surface area (TPSA) is 20.3 Å². The molecule has 1 aromatic rings. The first kappa shape index (κ1) is 15.9. The molecule has 0 N–H and O–H groups in total. The molecule has 7 heteroatoms. The first-order valence-electron chi connectivity index (χ1n) is 5.42. The average molecular weight is 342 g/mol. The number of rotatable bonds is 4. The van der Waals surface area contributed by atoms with Crippen molar-refractivity contribution in [1.29, 1.82) is 0 Å². The van der Waals surface area contributed by atoms with Crippen molar-refractivity contribution in [2.75, 3.05) is 18.4 Å². The summed E-state index contributed by atoms with van der Waals surface area (Å²) in [6, 6.07) is 3.64. The third-order valence-electron chi connectivity index (χ3n) is 2.43. The summed E-state index contributed by atoms with van der Waals surface area (Å²) in [5, 5.41) is 0.211. The molecule has 0 aliphatic rings. The van der Waals surface area contributed by atoms with Gasteiger partial charge in [0.05, 0.1) is 0 Å². The fourth-order valence-corrected chi connectivity index (χ4v) is 1.91. The summed E-state index contributed by atoms with van der Waals surface area (Å²) in [6.45, 7) is 0.0519. The van der Waals surface area contributed by atoms with Gasteiger partial charge in [0.1, 0.15) is 12.4 Å². The van der Waals surface area contributed by atoms with Crippen LogP contribution in [0.3, 0.4) is 0 Å². The zero-order valence-electron chi connectivity index (χ0n) is 10.1. The molecule has 0 atom stereocenters. The number of halogens is 5. The van der Waals surface area contributed by atoms with Crippen molar-refractivity contribution >= 4 is 21.8 Å². The number of carbonyl (C=O) groups excluding carboxylic acids is 1. The SMILES string of the molecule is Cc1ccc(C(=O)N(CCBr)CC(F)(F)F)cc1F. The molecule has 106 valence electrons. The third-order valence-corrected chi connectivity index (χ3v) is 2.79. The van der Waals surface area contributed by atoms with Gasteiger partial charge in [0.15, 0.2) is 0 Å².